The highest BCUT2D eigenvalue weighted by Gasteiger charge is 2.30. The van der Waals surface area contributed by atoms with Gasteiger partial charge in [0.25, 0.3) is 0 Å². The lowest BCUT2D eigenvalue weighted by Crippen LogP contribution is -2.50. The van der Waals surface area contributed by atoms with E-state index >= 15 is 0 Å². The summed E-state index contributed by atoms with van der Waals surface area (Å²) in [5.41, 5.74) is 0.668. The topological polar surface area (TPSA) is 41.1 Å². The quantitative estimate of drug-likeness (QED) is 0.890. The van der Waals surface area contributed by atoms with E-state index in [9.17, 15) is 4.79 Å². The van der Waals surface area contributed by atoms with E-state index in [1.54, 1.807) is 0 Å². The zero-order valence-electron chi connectivity index (χ0n) is 12.6. The maximum absolute atomic E-state index is 12.5. The minimum absolute atomic E-state index is 0. The van der Waals surface area contributed by atoms with Gasteiger partial charge in [-0.15, -0.1) is 12.4 Å². The molecule has 1 aromatic carbocycles. The maximum Gasteiger partial charge on any atom is 0.226 e. The zero-order valence-corrected chi connectivity index (χ0v) is 14.2. The molecule has 0 aliphatic carbocycles. The summed E-state index contributed by atoms with van der Waals surface area (Å²) < 4.78 is 0. The number of halogens is 2. The molecule has 1 saturated heterocycles. The van der Waals surface area contributed by atoms with E-state index in [0.717, 1.165) is 36.5 Å². The molecule has 1 heterocycles. The Bertz CT molecular complexity index is 471. The molecule has 1 amide bonds. The van der Waals surface area contributed by atoms with Gasteiger partial charge in [0.2, 0.25) is 5.91 Å². The average molecular weight is 331 g/mol. The van der Waals surface area contributed by atoms with Gasteiger partial charge in [0.15, 0.2) is 0 Å². The number of hydrogen-bond acceptors (Lipinski definition) is 2. The van der Waals surface area contributed by atoms with Crippen LogP contribution in [0.15, 0.2) is 24.3 Å². The van der Waals surface area contributed by atoms with E-state index in [1.165, 1.54) is 0 Å². The van der Waals surface area contributed by atoms with E-state index < -0.39 is 5.41 Å². The van der Waals surface area contributed by atoms with Gasteiger partial charge in [-0.05, 0) is 43.5 Å². The molecule has 0 saturated carbocycles. The molecule has 1 atom stereocenters. The van der Waals surface area contributed by atoms with Crippen molar-refractivity contribution >= 4 is 29.9 Å². The fourth-order valence-corrected chi connectivity index (χ4v) is 2.81. The smallest absolute Gasteiger partial charge is 0.226 e. The first-order chi connectivity index (χ1) is 9.47. The summed E-state index contributed by atoms with van der Waals surface area (Å²) in [6.45, 7) is 5.90. The molecule has 1 aliphatic rings. The van der Waals surface area contributed by atoms with Crippen molar-refractivity contribution in [3.8, 4) is 0 Å². The lowest BCUT2D eigenvalue weighted by atomic mass is 9.84. The lowest BCUT2D eigenvalue weighted by Gasteiger charge is -2.29. The van der Waals surface area contributed by atoms with Crippen LogP contribution in [0.3, 0.4) is 0 Å². The van der Waals surface area contributed by atoms with Crippen molar-refractivity contribution in [3.63, 3.8) is 0 Å². The molecule has 0 spiro atoms. The van der Waals surface area contributed by atoms with Crippen LogP contribution < -0.4 is 10.6 Å². The number of nitrogens with one attached hydrogen (secondary N) is 2. The van der Waals surface area contributed by atoms with Crippen LogP contribution in [0.1, 0.15) is 32.3 Å². The lowest BCUT2D eigenvalue weighted by molar-refractivity contribution is -0.130. The summed E-state index contributed by atoms with van der Waals surface area (Å²) in [6.07, 6.45) is 2.88. The van der Waals surface area contributed by atoms with Crippen molar-refractivity contribution in [1.29, 1.82) is 0 Å². The molecular weight excluding hydrogens is 307 g/mol. The van der Waals surface area contributed by atoms with Gasteiger partial charge in [0, 0.05) is 23.0 Å². The van der Waals surface area contributed by atoms with Crippen molar-refractivity contribution in [2.24, 2.45) is 5.41 Å². The van der Waals surface area contributed by atoms with Crippen molar-refractivity contribution in [2.45, 2.75) is 39.2 Å². The van der Waals surface area contributed by atoms with Crippen molar-refractivity contribution in [2.75, 3.05) is 13.1 Å². The molecule has 5 heteroatoms. The number of rotatable bonds is 4. The van der Waals surface area contributed by atoms with Crippen LogP contribution in [-0.4, -0.2) is 25.0 Å². The first-order valence-electron chi connectivity index (χ1n) is 7.23. The molecule has 21 heavy (non-hydrogen) atoms. The minimum atomic E-state index is -0.428. The third-order valence-corrected chi connectivity index (χ3v) is 4.02. The summed E-state index contributed by atoms with van der Waals surface area (Å²) in [5, 5.41) is 7.19. The van der Waals surface area contributed by atoms with Crippen LogP contribution >= 0.6 is 24.0 Å². The largest absolute Gasteiger partial charge is 0.352 e. The molecule has 2 rings (SSSR count). The summed E-state index contributed by atoms with van der Waals surface area (Å²) in [5.74, 6) is 0.117. The average Bonchev–Trinajstić information content (AvgIpc) is 2.39. The van der Waals surface area contributed by atoms with Crippen LogP contribution in [0.5, 0.6) is 0 Å². The highest BCUT2D eigenvalue weighted by molar-refractivity contribution is 6.30. The predicted octanol–water partition coefficient (Wildman–Crippen LogP) is 3.20. The SMILES string of the molecule is CC(C)(Cc1cccc(Cl)c1)C(=O)NC1CCCNC1.Cl. The normalized spacial score (nSPS) is 18.7. The summed E-state index contributed by atoms with van der Waals surface area (Å²) in [6, 6.07) is 7.99. The van der Waals surface area contributed by atoms with Crippen molar-refractivity contribution < 1.29 is 4.79 Å². The Morgan fingerprint density at radius 1 is 1.48 bits per heavy atom. The van der Waals surface area contributed by atoms with Crippen LogP contribution in [0.2, 0.25) is 5.02 Å². The number of amides is 1. The Balaban J connectivity index is 0.00000220. The zero-order chi connectivity index (χ0) is 14.6. The Kier molecular flexibility index (Phi) is 6.98. The number of piperidine rings is 1. The van der Waals surface area contributed by atoms with E-state index in [0.29, 0.717) is 6.42 Å². The van der Waals surface area contributed by atoms with Crippen LogP contribution in [0.4, 0.5) is 0 Å². The van der Waals surface area contributed by atoms with Gasteiger partial charge in [-0.2, -0.15) is 0 Å². The van der Waals surface area contributed by atoms with Gasteiger partial charge in [-0.3, -0.25) is 4.79 Å². The first kappa shape index (κ1) is 18.3. The molecule has 3 nitrogen and oxygen atoms in total. The molecule has 0 bridgehead atoms. The van der Waals surface area contributed by atoms with Crippen LogP contribution in [-0.2, 0) is 11.2 Å². The minimum Gasteiger partial charge on any atom is -0.352 e. The third kappa shape index (κ3) is 5.50. The predicted molar refractivity (Wildman–Crippen MR) is 90.2 cm³/mol. The molecule has 1 fully saturated rings. The van der Waals surface area contributed by atoms with Gasteiger partial charge in [-0.1, -0.05) is 37.6 Å². The summed E-state index contributed by atoms with van der Waals surface area (Å²) >= 11 is 6.00. The highest BCUT2D eigenvalue weighted by Crippen LogP contribution is 2.24. The summed E-state index contributed by atoms with van der Waals surface area (Å²) in [7, 11) is 0. The second-order valence-corrected chi connectivity index (χ2v) is 6.64. The van der Waals surface area contributed by atoms with Crippen molar-refractivity contribution in [3.05, 3.63) is 34.9 Å². The van der Waals surface area contributed by atoms with Gasteiger partial charge in [-0.25, -0.2) is 0 Å². The monoisotopic (exact) mass is 330 g/mol. The van der Waals surface area contributed by atoms with Gasteiger partial charge in [0.05, 0.1) is 0 Å². The highest BCUT2D eigenvalue weighted by atomic mass is 35.5. The molecule has 1 aliphatic heterocycles. The molecule has 1 unspecified atom stereocenters. The summed E-state index contributed by atoms with van der Waals surface area (Å²) in [4.78, 5) is 12.5. The number of hydrogen-bond donors (Lipinski definition) is 2. The Hall–Kier alpha value is -0.770. The molecule has 118 valence electrons. The van der Waals surface area contributed by atoms with Crippen LogP contribution in [0.25, 0.3) is 0 Å². The number of carbonyl (C=O) groups excluding carboxylic acids is 1. The number of carbonyl (C=O) groups is 1. The standard InChI is InChI=1S/C16H23ClN2O.ClH/c1-16(2,10-12-5-3-6-13(17)9-12)15(20)19-14-7-4-8-18-11-14;/h3,5-6,9,14,18H,4,7-8,10-11H2,1-2H3,(H,19,20);1H. The van der Waals surface area contributed by atoms with E-state index in [1.807, 2.05) is 38.1 Å². The Morgan fingerprint density at radius 2 is 2.24 bits per heavy atom. The van der Waals surface area contributed by atoms with Gasteiger partial charge in [0.1, 0.15) is 0 Å². The third-order valence-electron chi connectivity index (χ3n) is 3.78. The van der Waals surface area contributed by atoms with Gasteiger partial charge < -0.3 is 10.6 Å². The van der Waals surface area contributed by atoms with E-state index in [2.05, 4.69) is 10.6 Å². The Labute approximate surface area is 138 Å². The molecular formula is C16H24Cl2N2O. The molecule has 0 aromatic heterocycles. The van der Waals surface area contributed by atoms with E-state index in [-0.39, 0.29) is 24.4 Å². The van der Waals surface area contributed by atoms with Gasteiger partial charge >= 0.3 is 0 Å². The molecule has 1 aromatic rings. The second-order valence-electron chi connectivity index (χ2n) is 6.21. The van der Waals surface area contributed by atoms with Crippen LogP contribution in [0, 0.1) is 5.41 Å². The molecule has 0 radical (unpaired) electrons. The fraction of sp³-hybridized carbons (Fsp3) is 0.562. The fourth-order valence-electron chi connectivity index (χ4n) is 2.59. The second kappa shape index (κ2) is 8.02. The van der Waals surface area contributed by atoms with Crippen molar-refractivity contribution in [1.82, 2.24) is 10.6 Å². The maximum atomic E-state index is 12.5. The first-order valence-corrected chi connectivity index (χ1v) is 7.61. The van der Waals surface area contributed by atoms with E-state index in [4.69, 9.17) is 11.6 Å². The Morgan fingerprint density at radius 3 is 2.86 bits per heavy atom. The number of benzene rings is 1. The molecule has 2 N–H and O–H groups in total.